The zero-order chi connectivity index (χ0) is 13.9. The normalized spacial score (nSPS) is 13.1. The van der Waals surface area contributed by atoms with Gasteiger partial charge < -0.3 is 15.7 Å². The number of amides is 1. The van der Waals surface area contributed by atoms with Gasteiger partial charge in [0.1, 0.15) is 5.75 Å². The molecule has 2 heterocycles. The smallest absolute Gasteiger partial charge is 0.272 e. The van der Waals surface area contributed by atoms with Gasteiger partial charge in [0.2, 0.25) is 0 Å². The molecule has 6 nitrogen and oxygen atoms in total. The summed E-state index contributed by atoms with van der Waals surface area (Å²) in [5.74, 6) is -0.00681. The van der Waals surface area contributed by atoms with Crippen molar-refractivity contribution in [2.24, 2.45) is 0 Å². The average Bonchev–Trinajstić information content (AvgIpc) is 2.89. The van der Waals surface area contributed by atoms with E-state index in [0.29, 0.717) is 18.8 Å². The number of hydrogen-bond donors (Lipinski definition) is 4. The van der Waals surface area contributed by atoms with Crippen molar-refractivity contribution in [3.05, 3.63) is 46.8 Å². The van der Waals surface area contributed by atoms with Gasteiger partial charge in [-0.3, -0.25) is 9.89 Å². The lowest BCUT2D eigenvalue weighted by atomic mass is 10.1. The van der Waals surface area contributed by atoms with Crippen molar-refractivity contribution < 1.29 is 9.90 Å². The molecule has 0 bridgehead atoms. The van der Waals surface area contributed by atoms with Gasteiger partial charge in [-0.15, -0.1) is 12.4 Å². The first kappa shape index (κ1) is 15.3. The molecule has 0 spiro atoms. The second-order valence-corrected chi connectivity index (χ2v) is 4.81. The molecule has 1 aliphatic heterocycles. The minimum atomic E-state index is -0.199. The summed E-state index contributed by atoms with van der Waals surface area (Å²) in [4.78, 5) is 12.2. The van der Waals surface area contributed by atoms with Crippen molar-refractivity contribution in [1.29, 1.82) is 0 Å². The standard InChI is InChI=1S/C14H16N4O2.ClH/c19-10-3-1-2-9(6-10)7-16-14(20)13-11-8-15-5-4-12(11)17-18-13;/h1-3,6,15,19H,4-5,7-8H2,(H,16,20)(H,17,18);1H. The van der Waals surface area contributed by atoms with Gasteiger partial charge in [0, 0.05) is 37.3 Å². The minimum absolute atomic E-state index is 0. The number of hydrogen-bond acceptors (Lipinski definition) is 4. The van der Waals surface area contributed by atoms with Crippen LogP contribution in [-0.2, 0) is 19.5 Å². The lowest BCUT2D eigenvalue weighted by Gasteiger charge is -2.12. The Hall–Kier alpha value is -2.05. The maximum atomic E-state index is 12.2. The van der Waals surface area contributed by atoms with E-state index < -0.39 is 0 Å². The Kier molecular flexibility index (Phi) is 4.82. The summed E-state index contributed by atoms with van der Waals surface area (Å²) in [6, 6.07) is 6.82. The fourth-order valence-corrected chi connectivity index (χ4v) is 2.35. The summed E-state index contributed by atoms with van der Waals surface area (Å²) in [6.07, 6.45) is 0.863. The number of phenolic OH excluding ortho intramolecular Hbond substituents is 1. The number of aromatic amines is 1. The highest BCUT2D eigenvalue weighted by Crippen LogP contribution is 2.15. The molecule has 0 saturated heterocycles. The highest BCUT2D eigenvalue weighted by molar-refractivity contribution is 5.94. The molecular weight excluding hydrogens is 292 g/mol. The van der Waals surface area contributed by atoms with Crippen LogP contribution >= 0.6 is 12.4 Å². The van der Waals surface area contributed by atoms with E-state index in [1.807, 2.05) is 6.07 Å². The van der Waals surface area contributed by atoms with Crippen LogP contribution in [0.5, 0.6) is 5.75 Å². The van der Waals surface area contributed by atoms with E-state index in [-0.39, 0.29) is 24.1 Å². The Morgan fingerprint density at radius 2 is 2.29 bits per heavy atom. The third kappa shape index (κ3) is 3.34. The van der Waals surface area contributed by atoms with Crippen molar-refractivity contribution in [2.75, 3.05) is 6.54 Å². The first-order valence-corrected chi connectivity index (χ1v) is 6.57. The fraction of sp³-hybridized carbons (Fsp3) is 0.286. The lowest BCUT2D eigenvalue weighted by molar-refractivity contribution is 0.0944. The molecule has 1 aromatic heterocycles. The van der Waals surface area contributed by atoms with Crippen molar-refractivity contribution in [2.45, 2.75) is 19.5 Å². The second kappa shape index (κ2) is 6.60. The van der Waals surface area contributed by atoms with Crippen molar-refractivity contribution in [3.63, 3.8) is 0 Å². The molecule has 0 radical (unpaired) electrons. The molecule has 1 aliphatic rings. The fourth-order valence-electron chi connectivity index (χ4n) is 2.35. The van der Waals surface area contributed by atoms with Crippen LogP contribution in [0, 0.1) is 0 Å². The number of aromatic nitrogens is 2. The monoisotopic (exact) mass is 308 g/mol. The van der Waals surface area contributed by atoms with Gasteiger partial charge in [-0.1, -0.05) is 12.1 Å². The van der Waals surface area contributed by atoms with Crippen molar-refractivity contribution >= 4 is 18.3 Å². The summed E-state index contributed by atoms with van der Waals surface area (Å²) in [7, 11) is 0. The highest BCUT2D eigenvalue weighted by atomic mass is 35.5. The van der Waals surface area contributed by atoms with Gasteiger partial charge in [0.25, 0.3) is 5.91 Å². The van der Waals surface area contributed by atoms with Crippen LogP contribution in [0.3, 0.4) is 0 Å². The molecular formula is C14H17ClN4O2. The topological polar surface area (TPSA) is 90.0 Å². The van der Waals surface area contributed by atoms with E-state index in [1.54, 1.807) is 18.2 Å². The van der Waals surface area contributed by atoms with Crippen LogP contribution in [0.15, 0.2) is 24.3 Å². The zero-order valence-corrected chi connectivity index (χ0v) is 12.2. The number of nitrogens with zero attached hydrogens (tertiary/aromatic N) is 1. The van der Waals surface area contributed by atoms with Crippen molar-refractivity contribution in [1.82, 2.24) is 20.8 Å². The SMILES string of the molecule is Cl.O=C(NCc1cccc(O)c1)c1n[nH]c2c1CNCC2. The third-order valence-corrected chi connectivity index (χ3v) is 3.39. The first-order valence-electron chi connectivity index (χ1n) is 6.57. The number of carbonyl (C=O) groups excluding carboxylic acids is 1. The molecule has 7 heteroatoms. The quantitative estimate of drug-likeness (QED) is 0.684. The Labute approximate surface area is 128 Å². The molecule has 0 saturated carbocycles. The number of fused-ring (bicyclic) bond motifs is 1. The van der Waals surface area contributed by atoms with E-state index in [4.69, 9.17) is 0 Å². The van der Waals surface area contributed by atoms with E-state index in [9.17, 15) is 9.90 Å². The van der Waals surface area contributed by atoms with E-state index >= 15 is 0 Å². The average molecular weight is 309 g/mol. The third-order valence-electron chi connectivity index (χ3n) is 3.39. The maximum absolute atomic E-state index is 12.2. The van der Waals surface area contributed by atoms with Crippen LogP contribution in [0.2, 0.25) is 0 Å². The molecule has 21 heavy (non-hydrogen) atoms. The van der Waals surface area contributed by atoms with Crippen molar-refractivity contribution in [3.8, 4) is 5.75 Å². The molecule has 4 N–H and O–H groups in total. The minimum Gasteiger partial charge on any atom is -0.508 e. The van der Waals surface area contributed by atoms with E-state index in [1.165, 1.54) is 0 Å². The number of benzene rings is 1. The molecule has 0 fully saturated rings. The van der Waals surface area contributed by atoms with Crippen LogP contribution in [0.4, 0.5) is 0 Å². The van der Waals surface area contributed by atoms with Crippen LogP contribution in [0.25, 0.3) is 0 Å². The lowest BCUT2D eigenvalue weighted by Crippen LogP contribution is -2.28. The molecule has 0 unspecified atom stereocenters. The van der Waals surface area contributed by atoms with Crippen LogP contribution in [-0.4, -0.2) is 27.8 Å². The van der Waals surface area contributed by atoms with E-state index in [0.717, 1.165) is 29.8 Å². The Morgan fingerprint density at radius 1 is 1.43 bits per heavy atom. The van der Waals surface area contributed by atoms with Gasteiger partial charge in [-0.25, -0.2) is 0 Å². The van der Waals surface area contributed by atoms with Crippen LogP contribution < -0.4 is 10.6 Å². The number of carbonyl (C=O) groups is 1. The molecule has 1 aromatic carbocycles. The summed E-state index contributed by atoms with van der Waals surface area (Å²) in [5.41, 5.74) is 3.28. The maximum Gasteiger partial charge on any atom is 0.272 e. The number of rotatable bonds is 3. The highest BCUT2D eigenvalue weighted by Gasteiger charge is 2.21. The summed E-state index contributed by atoms with van der Waals surface area (Å²) in [6.45, 7) is 1.93. The molecule has 2 aromatic rings. The Morgan fingerprint density at radius 3 is 3.10 bits per heavy atom. The summed E-state index contributed by atoms with van der Waals surface area (Å²) in [5, 5.41) is 22.5. The molecule has 0 atom stereocenters. The van der Waals surface area contributed by atoms with Crippen LogP contribution in [0.1, 0.15) is 27.3 Å². The number of phenols is 1. The Balaban J connectivity index is 0.00000161. The van der Waals surface area contributed by atoms with E-state index in [2.05, 4.69) is 20.8 Å². The number of nitrogens with one attached hydrogen (secondary N) is 3. The zero-order valence-electron chi connectivity index (χ0n) is 11.3. The van der Waals surface area contributed by atoms with Gasteiger partial charge in [-0.2, -0.15) is 5.10 Å². The molecule has 1 amide bonds. The number of H-pyrrole nitrogens is 1. The van der Waals surface area contributed by atoms with Gasteiger partial charge in [0.05, 0.1) is 0 Å². The molecule has 3 rings (SSSR count). The predicted octanol–water partition coefficient (Wildman–Crippen LogP) is 1.11. The number of aromatic hydroxyl groups is 1. The van der Waals surface area contributed by atoms with Gasteiger partial charge in [0.15, 0.2) is 5.69 Å². The summed E-state index contributed by atoms with van der Waals surface area (Å²) < 4.78 is 0. The Bertz CT molecular complexity index is 642. The predicted molar refractivity (Wildman–Crippen MR) is 80.5 cm³/mol. The first-order chi connectivity index (χ1) is 9.74. The largest absolute Gasteiger partial charge is 0.508 e. The molecule has 0 aliphatic carbocycles. The number of halogens is 1. The van der Waals surface area contributed by atoms with Gasteiger partial charge in [-0.05, 0) is 17.7 Å². The summed E-state index contributed by atoms with van der Waals surface area (Å²) >= 11 is 0. The van der Waals surface area contributed by atoms with Gasteiger partial charge >= 0.3 is 0 Å². The second-order valence-electron chi connectivity index (χ2n) is 4.81. The molecule has 112 valence electrons.